The van der Waals surface area contributed by atoms with Crippen LogP contribution in [0.4, 0.5) is 0 Å². The molecule has 0 aromatic heterocycles. The molecule has 3 nitrogen and oxygen atoms in total. The van der Waals surface area contributed by atoms with Gasteiger partial charge in [0.25, 0.3) is 0 Å². The summed E-state index contributed by atoms with van der Waals surface area (Å²) < 4.78 is 0. The molecular formula is C12H25N3. The van der Waals surface area contributed by atoms with Gasteiger partial charge in [-0.3, -0.25) is 4.90 Å². The SMILES string of the molecule is CN(C)CC1CNCCN1C1CCCC1. The predicted octanol–water partition coefficient (Wildman–Crippen LogP) is 0.764. The van der Waals surface area contributed by atoms with Crippen LogP contribution in [0, 0.1) is 0 Å². The molecular weight excluding hydrogens is 186 g/mol. The molecule has 0 spiro atoms. The molecule has 0 aromatic carbocycles. The van der Waals surface area contributed by atoms with Crippen LogP contribution in [0.1, 0.15) is 25.7 Å². The Bertz CT molecular complexity index is 187. The van der Waals surface area contributed by atoms with Gasteiger partial charge < -0.3 is 10.2 Å². The normalized spacial score (nSPS) is 30.2. The first kappa shape index (κ1) is 11.4. The lowest BCUT2D eigenvalue weighted by Crippen LogP contribution is -2.57. The third-order valence-electron chi connectivity index (χ3n) is 3.77. The van der Waals surface area contributed by atoms with Gasteiger partial charge >= 0.3 is 0 Å². The van der Waals surface area contributed by atoms with Crippen molar-refractivity contribution in [1.82, 2.24) is 15.1 Å². The summed E-state index contributed by atoms with van der Waals surface area (Å²) in [4.78, 5) is 5.09. The van der Waals surface area contributed by atoms with Gasteiger partial charge in [0.1, 0.15) is 0 Å². The number of nitrogens with zero attached hydrogens (tertiary/aromatic N) is 2. The van der Waals surface area contributed by atoms with E-state index in [0.29, 0.717) is 0 Å². The van der Waals surface area contributed by atoms with Crippen LogP contribution in [0.5, 0.6) is 0 Å². The lowest BCUT2D eigenvalue weighted by molar-refractivity contribution is 0.0890. The molecule has 88 valence electrons. The van der Waals surface area contributed by atoms with Crippen molar-refractivity contribution in [1.29, 1.82) is 0 Å². The summed E-state index contributed by atoms with van der Waals surface area (Å²) in [5, 5.41) is 3.53. The Morgan fingerprint density at radius 3 is 2.67 bits per heavy atom. The Morgan fingerprint density at radius 2 is 2.00 bits per heavy atom. The lowest BCUT2D eigenvalue weighted by Gasteiger charge is -2.41. The average molecular weight is 211 g/mol. The van der Waals surface area contributed by atoms with Gasteiger partial charge in [-0.2, -0.15) is 0 Å². The molecule has 15 heavy (non-hydrogen) atoms. The maximum absolute atomic E-state index is 3.53. The zero-order valence-electron chi connectivity index (χ0n) is 10.2. The second-order valence-electron chi connectivity index (χ2n) is 5.30. The third-order valence-corrected chi connectivity index (χ3v) is 3.77. The van der Waals surface area contributed by atoms with Gasteiger partial charge in [0.2, 0.25) is 0 Å². The minimum atomic E-state index is 0.733. The van der Waals surface area contributed by atoms with Gasteiger partial charge in [-0.1, -0.05) is 12.8 Å². The highest BCUT2D eigenvalue weighted by Crippen LogP contribution is 2.25. The first-order chi connectivity index (χ1) is 7.27. The van der Waals surface area contributed by atoms with Crippen molar-refractivity contribution < 1.29 is 0 Å². The highest BCUT2D eigenvalue weighted by Gasteiger charge is 2.30. The zero-order valence-corrected chi connectivity index (χ0v) is 10.2. The topological polar surface area (TPSA) is 18.5 Å². The van der Waals surface area contributed by atoms with E-state index in [1.54, 1.807) is 0 Å². The van der Waals surface area contributed by atoms with E-state index in [-0.39, 0.29) is 0 Å². The Kier molecular flexibility index (Phi) is 4.00. The Hall–Kier alpha value is -0.120. The van der Waals surface area contributed by atoms with E-state index in [0.717, 1.165) is 12.1 Å². The highest BCUT2D eigenvalue weighted by atomic mass is 15.3. The molecule has 1 unspecified atom stereocenters. The number of nitrogens with one attached hydrogen (secondary N) is 1. The van der Waals surface area contributed by atoms with Crippen LogP contribution in [-0.2, 0) is 0 Å². The molecule has 1 heterocycles. The first-order valence-corrected chi connectivity index (χ1v) is 6.38. The molecule has 0 amide bonds. The minimum absolute atomic E-state index is 0.733. The second-order valence-corrected chi connectivity index (χ2v) is 5.30. The molecule has 1 saturated heterocycles. The molecule has 2 aliphatic rings. The van der Waals surface area contributed by atoms with Crippen LogP contribution in [0.25, 0.3) is 0 Å². The fourth-order valence-electron chi connectivity index (χ4n) is 3.08. The summed E-state index contributed by atoms with van der Waals surface area (Å²) in [6.07, 6.45) is 5.76. The monoisotopic (exact) mass is 211 g/mol. The van der Waals surface area contributed by atoms with E-state index in [1.807, 2.05) is 0 Å². The quantitative estimate of drug-likeness (QED) is 0.744. The van der Waals surface area contributed by atoms with Crippen LogP contribution in [-0.4, -0.2) is 62.2 Å². The van der Waals surface area contributed by atoms with E-state index >= 15 is 0 Å². The Labute approximate surface area is 93.8 Å². The molecule has 1 saturated carbocycles. The van der Waals surface area contributed by atoms with Gasteiger partial charge in [0, 0.05) is 38.3 Å². The Balaban J connectivity index is 1.92. The van der Waals surface area contributed by atoms with E-state index in [2.05, 4.69) is 29.2 Å². The smallest absolute Gasteiger partial charge is 0.0351 e. The fraction of sp³-hybridized carbons (Fsp3) is 1.00. The number of likely N-dealkylation sites (N-methyl/N-ethyl adjacent to an activating group) is 1. The largest absolute Gasteiger partial charge is 0.314 e. The third kappa shape index (κ3) is 2.92. The van der Waals surface area contributed by atoms with E-state index in [9.17, 15) is 0 Å². The molecule has 1 N–H and O–H groups in total. The first-order valence-electron chi connectivity index (χ1n) is 6.38. The van der Waals surface area contributed by atoms with E-state index in [4.69, 9.17) is 0 Å². The molecule has 3 heteroatoms. The van der Waals surface area contributed by atoms with Crippen LogP contribution >= 0.6 is 0 Å². The molecule has 2 rings (SSSR count). The predicted molar refractivity (Wildman–Crippen MR) is 64.2 cm³/mol. The van der Waals surface area contributed by atoms with Crippen LogP contribution in [0.15, 0.2) is 0 Å². The van der Waals surface area contributed by atoms with Crippen molar-refractivity contribution in [3.8, 4) is 0 Å². The number of hydrogen-bond acceptors (Lipinski definition) is 3. The van der Waals surface area contributed by atoms with Crippen molar-refractivity contribution in [3.05, 3.63) is 0 Å². The molecule has 1 atom stereocenters. The van der Waals surface area contributed by atoms with Crippen molar-refractivity contribution in [3.63, 3.8) is 0 Å². The average Bonchev–Trinajstić information content (AvgIpc) is 2.70. The summed E-state index contributed by atoms with van der Waals surface area (Å²) in [6.45, 7) is 4.81. The molecule has 2 fully saturated rings. The summed E-state index contributed by atoms with van der Waals surface area (Å²) in [5.41, 5.74) is 0. The standard InChI is InChI=1S/C12H25N3/c1-14(2)10-12-9-13-7-8-15(12)11-5-3-4-6-11/h11-13H,3-10H2,1-2H3. The van der Waals surface area contributed by atoms with E-state index in [1.165, 1.54) is 51.9 Å². The molecule has 0 radical (unpaired) electrons. The van der Waals surface area contributed by atoms with Crippen molar-refractivity contribution in [2.45, 2.75) is 37.8 Å². The maximum Gasteiger partial charge on any atom is 0.0351 e. The number of rotatable bonds is 3. The van der Waals surface area contributed by atoms with Crippen molar-refractivity contribution in [2.24, 2.45) is 0 Å². The second kappa shape index (κ2) is 5.28. The molecule has 0 aromatic rings. The minimum Gasteiger partial charge on any atom is -0.314 e. The number of hydrogen-bond donors (Lipinski definition) is 1. The van der Waals surface area contributed by atoms with Crippen LogP contribution in [0.2, 0.25) is 0 Å². The number of piperazine rings is 1. The van der Waals surface area contributed by atoms with Gasteiger partial charge in [-0.15, -0.1) is 0 Å². The van der Waals surface area contributed by atoms with E-state index < -0.39 is 0 Å². The summed E-state index contributed by atoms with van der Waals surface area (Å²) in [5.74, 6) is 0. The fourth-order valence-corrected chi connectivity index (χ4v) is 3.08. The van der Waals surface area contributed by atoms with Gasteiger partial charge in [0.05, 0.1) is 0 Å². The Morgan fingerprint density at radius 1 is 1.27 bits per heavy atom. The molecule has 1 aliphatic heterocycles. The zero-order chi connectivity index (χ0) is 10.7. The highest BCUT2D eigenvalue weighted by molar-refractivity contribution is 4.88. The summed E-state index contributed by atoms with van der Waals surface area (Å²) in [7, 11) is 4.36. The van der Waals surface area contributed by atoms with Crippen molar-refractivity contribution in [2.75, 3.05) is 40.3 Å². The maximum atomic E-state index is 3.53. The van der Waals surface area contributed by atoms with Crippen LogP contribution in [0.3, 0.4) is 0 Å². The molecule has 1 aliphatic carbocycles. The molecule has 0 bridgehead atoms. The summed E-state index contributed by atoms with van der Waals surface area (Å²) >= 11 is 0. The van der Waals surface area contributed by atoms with Crippen molar-refractivity contribution >= 4 is 0 Å². The van der Waals surface area contributed by atoms with Gasteiger partial charge in [0.15, 0.2) is 0 Å². The summed E-state index contributed by atoms with van der Waals surface area (Å²) in [6, 6.07) is 1.62. The van der Waals surface area contributed by atoms with Crippen LogP contribution < -0.4 is 5.32 Å². The van der Waals surface area contributed by atoms with Gasteiger partial charge in [-0.25, -0.2) is 0 Å². The lowest BCUT2D eigenvalue weighted by atomic mass is 10.1. The van der Waals surface area contributed by atoms with Gasteiger partial charge in [-0.05, 0) is 26.9 Å².